The average molecular weight is 407 g/mol. The molecule has 1 amide bonds. The first-order valence-electron chi connectivity index (χ1n) is 8.31. The Morgan fingerprint density at radius 1 is 1.35 bits per heavy atom. The van der Waals surface area contributed by atoms with Gasteiger partial charge in [-0.3, -0.25) is 0 Å². The summed E-state index contributed by atoms with van der Waals surface area (Å²) in [6.07, 6.45) is -0.474. The number of halogens is 2. The third kappa shape index (κ3) is 5.08. The van der Waals surface area contributed by atoms with Crippen molar-refractivity contribution in [2.75, 3.05) is 19.6 Å². The van der Waals surface area contributed by atoms with E-state index in [0.29, 0.717) is 0 Å². The van der Waals surface area contributed by atoms with Crippen molar-refractivity contribution in [3.8, 4) is 0 Å². The minimum atomic E-state index is -3.78. The van der Waals surface area contributed by atoms with Crippen LogP contribution in [0.2, 0.25) is 5.02 Å². The maximum Gasteiger partial charge on any atom is 0.410 e. The van der Waals surface area contributed by atoms with Gasteiger partial charge in [0.2, 0.25) is 10.0 Å². The van der Waals surface area contributed by atoms with Crippen molar-refractivity contribution in [1.29, 1.82) is 0 Å². The maximum atomic E-state index is 13.9. The normalized spacial score (nSPS) is 19.5. The Labute approximate surface area is 158 Å². The fraction of sp³-hybridized carbons (Fsp3) is 0.588. The smallest absolute Gasteiger partial charge is 0.410 e. The SMILES string of the molecule is C[C@@H]1CN(C(=O)OC(C)(C)C)CCN1S(=O)(=O)Cc1c(F)cccc1Cl. The lowest BCUT2D eigenvalue weighted by Gasteiger charge is -2.39. The van der Waals surface area contributed by atoms with Crippen LogP contribution in [0.5, 0.6) is 0 Å². The summed E-state index contributed by atoms with van der Waals surface area (Å²) in [6.45, 7) is 7.56. The van der Waals surface area contributed by atoms with E-state index in [-0.39, 0.29) is 30.2 Å². The molecule has 1 atom stereocenters. The number of piperazine rings is 1. The van der Waals surface area contributed by atoms with E-state index in [1.807, 2.05) is 0 Å². The number of amides is 1. The van der Waals surface area contributed by atoms with Crippen molar-refractivity contribution >= 4 is 27.7 Å². The Balaban J connectivity index is 2.10. The molecular weight excluding hydrogens is 383 g/mol. The summed E-state index contributed by atoms with van der Waals surface area (Å²) in [5, 5.41) is 0.0774. The molecule has 0 aliphatic carbocycles. The van der Waals surface area contributed by atoms with E-state index in [1.165, 1.54) is 27.4 Å². The first kappa shape index (κ1) is 20.9. The summed E-state index contributed by atoms with van der Waals surface area (Å²) in [4.78, 5) is 13.6. The van der Waals surface area contributed by atoms with Gasteiger partial charge in [-0.15, -0.1) is 0 Å². The summed E-state index contributed by atoms with van der Waals surface area (Å²) < 4.78 is 46.0. The van der Waals surface area contributed by atoms with Gasteiger partial charge in [0.05, 0.1) is 5.75 Å². The molecule has 0 N–H and O–H groups in total. The van der Waals surface area contributed by atoms with Crippen LogP contribution in [0.1, 0.15) is 33.3 Å². The number of carbonyl (C=O) groups is 1. The van der Waals surface area contributed by atoms with Gasteiger partial charge < -0.3 is 9.64 Å². The van der Waals surface area contributed by atoms with E-state index in [4.69, 9.17) is 16.3 Å². The van der Waals surface area contributed by atoms with E-state index in [2.05, 4.69) is 0 Å². The molecule has 0 bridgehead atoms. The van der Waals surface area contributed by atoms with Crippen molar-refractivity contribution < 1.29 is 22.3 Å². The van der Waals surface area contributed by atoms with Gasteiger partial charge in [0, 0.05) is 36.3 Å². The van der Waals surface area contributed by atoms with Crippen LogP contribution in [-0.2, 0) is 20.5 Å². The first-order valence-corrected chi connectivity index (χ1v) is 10.3. The molecule has 1 fully saturated rings. The van der Waals surface area contributed by atoms with Crippen LogP contribution in [-0.4, -0.2) is 55.0 Å². The lowest BCUT2D eigenvalue weighted by Crippen LogP contribution is -2.56. The van der Waals surface area contributed by atoms with Gasteiger partial charge in [0.1, 0.15) is 11.4 Å². The Morgan fingerprint density at radius 3 is 2.54 bits per heavy atom. The molecule has 0 spiro atoms. The average Bonchev–Trinajstić information content (AvgIpc) is 2.49. The topological polar surface area (TPSA) is 66.9 Å². The zero-order valence-corrected chi connectivity index (χ0v) is 16.9. The Morgan fingerprint density at radius 2 is 2.00 bits per heavy atom. The highest BCUT2D eigenvalue weighted by atomic mass is 35.5. The number of sulfonamides is 1. The summed E-state index contributed by atoms with van der Waals surface area (Å²) in [5.74, 6) is -1.17. The predicted molar refractivity (Wildman–Crippen MR) is 98.0 cm³/mol. The van der Waals surface area contributed by atoms with Gasteiger partial charge in [-0.2, -0.15) is 4.31 Å². The van der Waals surface area contributed by atoms with E-state index >= 15 is 0 Å². The van der Waals surface area contributed by atoms with Crippen LogP contribution >= 0.6 is 11.6 Å². The zero-order chi connectivity index (χ0) is 19.7. The summed E-state index contributed by atoms with van der Waals surface area (Å²) in [7, 11) is -3.78. The number of hydrogen-bond donors (Lipinski definition) is 0. The molecule has 6 nitrogen and oxygen atoms in total. The fourth-order valence-corrected chi connectivity index (χ4v) is 4.89. The highest BCUT2D eigenvalue weighted by molar-refractivity contribution is 7.88. The minimum absolute atomic E-state index is 0.0454. The third-order valence-corrected chi connectivity index (χ3v) is 6.23. The largest absolute Gasteiger partial charge is 0.444 e. The number of nitrogens with zero attached hydrogens (tertiary/aromatic N) is 2. The monoisotopic (exact) mass is 406 g/mol. The van der Waals surface area contributed by atoms with Gasteiger partial charge in [-0.1, -0.05) is 17.7 Å². The molecule has 2 rings (SSSR count). The Bertz CT molecular complexity index is 759. The Hall–Kier alpha value is -1.38. The highest BCUT2D eigenvalue weighted by Crippen LogP contribution is 2.25. The second-order valence-electron chi connectivity index (χ2n) is 7.34. The van der Waals surface area contributed by atoms with E-state index < -0.39 is 39.3 Å². The zero-order valence-electron chi connectivity index (χ0n) is 15.3. The molecule has 0 unspecified atom stereocenters. The van der Waals surface area contributed by atoms with Crippen LogP contribution in [0, 0.1) is 5.82 Å². The van der Waals surface area contributed by atoms with Crippen LogP contribution in [0.3, 0.4) is 0 Å². The molecule has 1 aromatic rings. The van der Waals surface area contributed by atoms with Gasteiger partial charge in [0.25, 0.3) is 0 Å². The van der Waals surface area contributed by atoms with E-state index in [1.54, 1.807) is 27.7 Å². The van der Waals surface area contributed by atoms with Gasteiger partial charge in [-0.25, -0.2) is 17.6 Å². The molecule has 9 heteroatoms. The molecule has 1 aliphatic rings. The molecule has 1 aromatic carbocycles. The summed E-state index contributed by atoms with van der Waals surface area (Å²) in [6, 6.07) is 3.61. The standard InChI is InChI=1S/C17H24ClFN2O4S/c1-12-10-20(16(22)25-17(2,3)4)8-9-21(12)26(23,24)11-13-14(18)6-5-7-15(13)19/h5-7,12H,8-11H2,1-4H3/t12-/m1/s1. The quantitative estimate of drug-likeness (QED) is 0.772. The van der Waals surface area contributed by atoms with Gasteiger partial charge in [0.15, 0.2) is 0 Å². The van der Waals surface area contributed by atoms with Crippen LogP contribution in [0.25, 0.3) is 0 Å². The lowest BCUT2D eigenvalue weighted by atomic mass is 10.2. The number of rotatable bonds is 3. The van der Waals surface area contributed by atoms with Crippen LogP contribution < -0.4 is 0 Å². The molecule has 26 heavy (non-hydrogen) atoms. The first-order chi connectivity index (χ1) is 11.9. The van der Waals surface area contributed by atoms with Crippen molar-refractivity contribution in [3.63, 3.8) is 0 Å². The second kappa shape index (κ2) is 7.70. The fourth-order valence-electron chi connectivity index (χ4n) is 2.78. The predicted octanol–water partition coefficient (Wildman–Crippen LogP) is 3.25. The van der Waals surface area contributed by atoms with Crippen molar-refractivity contribution in [3.05, 3.63) is 34.6 Å². The van der Waals surface area contributed by atoms with Crippen LogP contribution in [0.15, 0.2) is 18.2 Å². The highest BCUT2D eigenvalue weighted by Gasteiger charge is 2.36. The maximum absolute atomic E-state index is 13.9. The number of ether oxygens (including phenoxy) is 1. The molecule has 146 valence electrons. The van der Waals surface area contributed by atoms with Crippen molar-refractivity contribution in [1.82, 2.24) is 9.21 Å². The van der Waals surface area contributed by atoms with Crippen molar-refractivity contribution in [2.24, 2.45) is 0 Å². The van der Waals surface area contributed by atoms with Gasteiger partial charge >= 0.3 is 6.09 Å². The van der Waals surface area contributed by atoms with Gasteiger partial charge in [-0.05, 0) is 39.8 Å². The molecule has 0 saturated carbocycles. The minimum Gasteiger partial charge on any atom is -0.444 e. The van der Waals surface area contributed by atoms with Crippen LogP contribution in [0.4, 0.5) is 9.18 Å². The van der Waals surface area contributed by atoms with E-state index in [9.17, 15) is 17.6 Å². The van der Waals surface area contributed by atoms with Crippen molar-refractivity contribution in [2.45, 2.75) is 45.1 Å². The molecule has 1 saturated heterocycles. The third-order valence-electron chi connectivity index (χ3n) is 3.96. The molecular formula is C17H24ClFN2O4S. The Kier molecular flexibility index (Phi) is 6.20. The second-order valence-corrected chi connectivity index (χ2v) is 9.67. The number of hydrogen-bond acceptors (Lipinski definition) is 4. The summed E-state index contributed by atoms with van der Waals surface area (Å²) >= 11 is 5.94. The molecule has 0 radical (unpaired) electrons. The molecule has 1 heterocycles. The van der Waals surface area contributed by atoms with E-state index in [0.717, 1.165) is 0 Å². The number of benzene rings is 1. The number of carbonyl (C=O) groups excluding carboxylic acids is 1. The molecule has 1 aliphatic heterocycles. The molecule has 0 aromatic heterocycles. The lowest BCUT2D eigenvalue weighted by molar-refractivity contribution is 0.0143. The summed E-state index contributed by atoms with van der Waals surface area (Å²) in [5.41, 5.74) is -0.665.